The molecule has 7 heteroatoms. The fourth-order valence-electron chi connectivity index (χ4n) is 3.61. The van der Waals surface area contributed by atoms with Gasteiger partial charge in [0.2, 0.25) is 0 Å². The molecule has 2 aromatic carbocycles. The molecule has 0 saturated carbocycles. The first-order chi connectivity index (χ1) is 15.2. The number of hydrogen-bond acceptors (Lipinski definition) is 5. The SMILES string of the molecule is CCNC(=NCC(O)CN1CCc2ccccc2C1)NCCOc1ccc(OC)cc1. The van der Waals surface area contributed by atoms with Gasteiger partial charge in [0.15, 0.2) is 5.96 Å². The van der Waals surface area contributed by atoms with E-state index in [0.29, 0.717) is 32.2 Å². The Balaban J connectivity index is 1.40. The van der Waals surface area contributed by atoms with Crippen LogP contribution in [0.1, 0.15) is 18.1 Å². The summed E-state index contributed by atoms with van der Waals surface area (Å²) in [5.41, 5.74) is 2.78. The van der Waals surface area contributed by atoms with Crippen molar-refractivity contribution in [2.24, 2.45) is 4.99 Å². The number of nitrogens with one attached hydrogen (secondary N) is 2. The molecule has 0 spiro atoms. The summed E-state index contributed by atoms with van der Waals surface area (Å²) < 4.78 is 10.9. The summed E-state index contributed by atoms with van der Waals surface area (Å²) in [7, 11) is 1.64. The Kier molecular flexibility index (Phi) is 8.99. The average molecular weight is 427 g/mol. The van der Waals surface area contributed by atoms with E-state index in [1.54, 1.807) is 7.11 Å². The molecule has 3 rings (SSSR count). The van der Waals surface area contributed by atoms with Gasteiger partial charge >= 0.3 is 0 Å². The molecule has 0 radical (unpaired) electrons. The molecular formula is C24H34N4O3. The maximum Gasteiger partial charge on any atom is 0.191 e. The van der Waals surface area contributed by atoms with Gasteiger partial charge in [0.25, 0.3) is 0 Å². The maximum atomic E-state index is 10.5. The zero-order chi connectivity index (χ0) is 21.9. The van der Waals surface area contributed by atoms with Crippen LogP contribution >= 0.6 is 0 Å². The number of aliphatic hydroxyl groups is 1. The lowest BCUT2D eigenvalue weighted by Gasteiger charge is -2.30. The number of β-amino-alcohol motifs (C(OH)–C–C–N with tert-alkyl or cyclic N) is 1. The molecule has 0 bridgehead atoms. The van der Waals surface area contributed by atoms with Gasteiger partial charge in [0.1, 0.15) is 18.1 Å². The van der Waals surface area contributed by atoms with E-state index in [1.165, 1.54) is 11.1 Å². The predicted octanol–water partition coefficient (Wildman–Crippen LogP) is 2.05. The maximum absolute atomic E-state index is 10.5. The Morgan fingerprint density at radius 3 is 2.58 bits per heavy atom. The molecule has 31 heavy (non-hydrogen) atoms. The molecule has 3 N–H and O–H groups in total. The lowest BCUT2D eigenvalue weighted by atomic mass is 10.00. The van der Waals surface area contributed by atoms with Gasteiger partial charge in [0.05, 0.1) is 26.3 Å². The molecule has 0 amide bonds. The first kappa shape index (κ1) is 22.9. The molecule has 0 saturated heterocycles. The van der Waals surface area contributed by atoms with E-state index >= 15 is 0 Å². The Labute approximate surface area is 185 Å². The van der Waals surface area contributed by atoms with E-state index in [9.17, 15) is 5.11 Å². The first-order valence-electron chi connectivity index (χ1n) is 10.9. The molecule has 0 aromatic heterocycles. The van der Waals surface area contributed by atoms with Crippen molar-refractivity contribution >= 4 is 5.96 Å². The van der Waals surface area contributed by atoms with Crippen molar-refractivity contribution in [2.75, 3.05) is 46.4 Å². The highest BCUT2D eigenvalue weighted by atomic mass is 16.5. The average Bonchev–Trinajstić information content (AvgIpc) is 2.80. The lowest BCUT2D eigenvalue weighted by molar-refractivity contribution is 0.111. The van der Waals surface area contributed by atoms with E-state index in [-0.39, 0.29) is 0 Å². The first-order valence-corrected chi connectivity index (χ1v) is 10.9. The minimum atomic E-state index is -0.503. The second kappa shape index (κ2) is 12.2. The van der Waals surface area contributed by atoms with E-state index in [2.05, 4.69) is 44.8 Å². The van der Waals surface area contributed by atoms with Crippen molar-refractivity contribution in [1.29, 1.82) is 0 Å². The zero-order valence-electron chi connectivity index (χ0n) is 18.5. The summed E-state index contributed by atoms with van der Waals surface area (Å²) in [6.45, 7) is 6.72. The topological polar surface area (TPSA) is 78.4 Å². The molecule has 1 aliphatic rings. The van der Waals surface area contributed by atoms with E-state index in [4.69, 9.17) is 9.47 Å². The summed E-state index contributed by atoms with van der Waals surface area (Å²) in [4.78, 5) is 6.83. The van der Waals surface area contributed by atoms with Crippen molar-refractivity contribution in [2.45, 2.75) is 26.0 Å². The van der Waals surface area contributed by atoms with Crippen LogP contribution in [0.25, 0.3) is 0 Å². The lowest BCUT2D eigenvalue weighted by Crippen LogP contribution is -2.41. The molecule has 1 aliphatic heterocycles. The Hall–Kier alpha value is -2.77. The molecular weight excluding hydrogens is 392 g/mol. The number of methoxy groups -OCH3 is 1. The molecule has 0 aliphatic carbocycles. The van der Waals surface area contributed by atoms with E-state index in [1.807, 2.05) is 31.2 Å². The molecule has 1 unspecified atom stereocenters. The number of aliphatic imine (C=N–C) groups is 1. The minimum absolute atomic E-state index is 0.354. The van der Waals surface area contributed by atoms with E-state index in [0.717, 1.165) is 37.6 Å². The number of ether oxygens (including phenoxy) is 2. The number of benzene rings is 2. The van der Waals surface area contributed by atoms with E-state index < -0.39 is 6.10 Å². The number of nitrogens with zero attached hydrogens (tertiary/aromatic N) is 2. The number of aliphatic hydroxyl groups excluding tert-OH is 1. The van der Waals surface area contributed by atoms with Gasteiger partial charge in [-0.25, -0.2) is 0 Å². The molecule has 7 nitrogen and oxygen atoms in total. The van der Waals surface area contributed by atoms with Gasteiger partial charge in [-0.3, -0.25) is 9.89 Å². The third kappa shape index (κ3) is 7.45. The summed E-state index contributed by atoms with van der Waals surface area (Å²) in [5.74, 6) is 2.28. The van der Waals surface area contributed by atoms with Crippen LogP contribution in [0, 0.1) is 0 Å². The second-order valence-corrected chi connectivity index (χ2v) is 7.58. The molecule has 1 atom stereocenters. The van der Waals surface area contributed by atoms with Gasteiger partial charge in [0, 0.05) is 26.2 Å². The highest BCUT2D eigenvalue weighted by Gasteiger charge is 2.18. The fourth-order valence-corrected chi connectivity index (χ4v) is 3.61. The highest BCUT2D eigenvalue weighted by molar-refractivity contribution is 5.79. The zero-order valence-corrected chi connectivity index (χ0v) is 18.5. The standard InChI is InChI=1S/C24H34N4O3/c1-3-25-24(26-13-15-31-23-10-8-22(30-2)9-11-23)27-16-21(29)18-28-14-12-19-6-4-5-7-20(19)17-28/h4-11,21,29H,3,12-18H2,1-2H3,(H2,25,26,27). The van der Waals surface area contributed by atoms with Gasteiger partial charge < -0.3 is 25.2 Å². The third-order valence-corrected chi connectivity index (χ3v) is 5.21. The molecule has 1 heterocycles. The third-order valence-electron chi connectivity index (χ3n) is 5.21. The Morgan fingerprint density at radius 2 is 1.84 bits per heavy atom. The largest absolute Gasteiger partial charge is 0.497 e. The van der Waals surface area contributed by atoms with Crippen LogP contribution in [0.2, 0.25) is 0 Å². The molecule has 0 fully saturated rings. The molecule has 168 valence electrons. The predicted molar refractivity (Wildman–Crippen MR) is 124 cm³/mol. The van der Waals surface area contributed by atoms with Crippen LogP contribution < -0.4 is 20.1 Å². The van der Waals surface area contributed by atoms with Crippen LogP contribution in [-0.2, 0) is 13.0 Å². The normalized spacial score (nSPS) is 15.1. The van der Waals surface area contributed by atoms with Gasteiger partial charge in [-0.15, -0.1) is 0 Å². The van der Waals surface area contributed by atoms with Crippen molar-refractivity contribution < 1.29 is 14.6 Å². The van der Waals surface area contributed by atoms with Crippen LogP contribution in [0.15, 0.2) is 53.5 Å². The summed E-state index contributed by atoms with van der Waals surface area (Å²) >= 11 is 0. The van der Waals surface area contributed by atoms with Crippen LogP contribution in [0.3, 0.4) is 0 Å². The number of fused-ring (bicyclic) bond motifs is 1. The van der Waals surface area contributed by atoms with Crippen molar-refractivity contribution in [3.05, 3.63) is 59.7 Å². The smallest absolute Gasteiger partial charge is 0.191 e. The summed E-state index contributed by atoms with van der Waals surface area (Å²) in [6, 6.07) is 16.0. The Bertz CT molecular complexity index is 826. The van der Waals surface area contributed by atoms with Crippen molar-refractivity contribution in [1.82, 2.24) is 15.5 Å². The minimum Gasteiger partial charge on any atom is -0.497 e. The second-order valence-electron chi connectivity index (χ2n) is 7.58. The van der Waals surface area contributed by atoms with Crippen LogP contribution in [-0.4, -0.2) is 68.5 Å². The van der Waals surface area contributed by atoms with Crippen LogP contribution in [0.5, 0.6) is 11.5 Å². The number of guanidine groups is 1. The Morgan fingerprint density at radius 1 is 1.10 bits per heavy atom. The molecule has 2 aromatic rings. The summed E-state index contributed by atoms with van der Waals surface area (Å²) in [6.07, 6.45) is 0.529. The summed E-state index contributed by atoms with van der Waals surface area (Å²) in [5, 5.41) is 17.0. The van der Waals surface area contributed by atoms with Crippen molar-refractivity contribution in [3.8, 4) is 11.5 Å². The quantitative estimate of drug-likeness (QED) is 0.307. The number of hydrogen-bond donors (Lipinski definition) is 3. The van der Waals surface area contributed by atoms with Crippen molar-refractivity contribution in [3.63, 3.8) is 0 Å². The monoisotopic (exact) mass is 426 g/mol. The number of rotatable bonds is 10. The fraction of sp³-hybridized carbons (Fsp3) is 0.458. The highest BCUT2D eigenvalue weighted by Crippen LogP contribution is 2.18. The van der Waals surface area contributed by atoms with Gasteiger partial charge in [-0.05, 0) is 48.7 Å². The van der Waals surface area contributed by atoms with Crippen LogP contribution in [0.4, 0.5) is 0 Å². The van der Waals surface area contributed by atoms with Gasteiger partial charge in [-0.2, -0.15) is 0 Å². The van der Waals surface area contributed by atoms with Gasteiger partial charge in [-0.1, -0.05) is 24.3 Å².